The Balaban J connectivity index is 1.72. The van der Waals surface area contributed by atoms with E-state index in [0.29, 0.717) is 21.0 Å². The molecule has 7 nitrogen and oxygen atoms in total. The van der Waals surface area contributed by atoms with Crippen LogP contribution in [0.1, 0.15) is 0 Å². The van der Waals surface area contributed by atoms with Crippen LogP contribution < -0.4 is 11.2 Å². The number of hydrogen-bond donors (Lipinski definition) is 1. The van der Waals surface area contributed by atoms with Gasteiger partial charge < -0.3 is 4.98 Å². The zero-order valence-electron chi connectivity index (χ0n) is 15.9. The molecule has 12 heteroatoms. The lowest BCUT2D eigenvalue weighted by Gasteiger charge is -2.08. The summed E-state index contributed by atoms with van der Waals surface area (Å²) < 4.78 is 40.4. The number of benzene rings is 1. The second kappa shape index (κ2) is 7.31. The first-order valence-electron chi connectivity index (χ1n) is 9.13. The Morgan fingerprint density at radius 2 is 1.91 bits per heavy atom. The van der Waals surface area contributed by atoms with Crippen LogP contribution in [-0.4, -0.2) is 30.5 Å². The van der Waals surface area contributed by atoms with Crippen LogP contribution in [0.25, 0.3) is 37.2 Å². The highest BCUT2D eigenvalue weighted by Crippen LogP contribution is 2.35. The maximum absolute atomic E-state index is 13.2. The highest BCUT2D eigenvalue weighted by Gasteiger charge is 2.29. The summed E-state index contributed by atoms with van der Waals surface area (Å²) in [7, 11) is 0. The van der Waals surface area contributed by atoms with Crippen LogP contribution in [0.2, 0.25) is 5.02 Å². The zero-order chi connectivity index (χ0) is 22.6. The molecule has 0 spiro atoms. The molecule has 1 aromatic carbocycles. The Kier molecular flexibility index (Phi) is 4.68. The van der Waals surface area contributed by atoms with Gasteiger partial charge >= 0.3 is 11.9 Å². The van der Waals surface area contributed by atoms with E-state index in [4.69, 9.17) is 11.6 Å². The Morgan fingerprint density at radius 1 is 1.12 bits per heavy atom. The first-order valence-corrected chi connectivity index (χ1v) is 10.3. The van der Waals surface area contributed by atoms with Gasteiger partial charge in [0.1, 0.15) is 11.2 Å². The van der Waals surface area contributed by atoms with E-state index in [0.717, 1.165) is 20.6 Å². The molecule has 0 atom stereocenters. The van der Waals surface area contributed by atoms with Crippen molar-refractivity contribution in [1.82, 2.24) is 24.3 Å². The average Bonchev–Trinajstić information content (AvgIpc) is 3.32. The van der Waals surface area contributed by atoms with Crippen molar-refractivity contribution in [1.29, 1.82) is 0 Å². The molecule has 0 bridgehead atoms. The predicted octanol–water partition coefficient (Wildman–Crippen LogP) is 4.37. The van der Waals surface area contributed by atoms with Gasteiger partial charge in [-0.05, 0) is 12.1 Å². The highest BCUT2D eigenvalue weighted by molar-refractivity contribution is 7.22. The molecule has 0 aliphatic heterocycles. The number of fused-ring (bicyclic) bond motifs is 2. The van der Waals surface area contributed by atoms with Crippen molar-refractivity contribution in [2.75, 3.05) is 0 Å². The summed E-state index contributed by atoms with van der Waals surface area (Å²) in [6.07, 6.45) is -0.866. The average molecular weight is 478 g/mol. The summed E-state index contributed by atoms with van der Waals surface area (Å²) in [4.78, 5) is 33.3. The van der Waals surface area contributed by atoms with Gasteiger partial charge in [0.25, 0.3) is 5.56 Å². The number of rotatable bonds is 3. The molecular formula is C20H11ClF3N5O2S. The minimum absolute atomic E-state index is 0.0387. The fourth-order valence-electron chi connectivity index (χ4n) is 3.47. The SMILES string of the molecule is O=c1[nH]c2cc(-c3ccccc3Cl)sc2c(=O)n1-c1cncc2c1cnn2CC(F)(F)F. The van der Waals surface area contributed by atoms with Crippen LogP contribution in [0.3, 0.4) is 0 Å². The third-order valence-electron chi connectivity index (χ3n) is 4.83. The first-order chi connectivity index (χ1) is 15.2. The normalized spacial score (nSPS) is 12.1. The number of nitrogens with zero attached hydrogens (tertiary/aromatic N) is 4. The van der Waals surface area contributed by atoms with E-state index < -0.39 is 24.0 Å². The molecule has 32 heavy (non-hydrogen) atoms. The molecule has 162 valence electrons. The number of hydrogen-bond acceptors (Lipinski definition) is 5. The lowest BCUT2D eigenvalue weighted by molar-refractivity contribution is -0.141. The van der Waals surface area contributed by atoms with Crippen molar-refractivity contribution >= 4 is 44.1 Å². The zero-order valence-corrected chi connectivity index (χ0v) is 17.4. The maximum Gasteiger partial charge on any atom is 0.408 e. The molecule has 5 aromatic rings. The molecule has 0 amide bonds. The van der Waals surface area contributed by atoms with Gasteiger partial charge in [0, 0.05) is 20.8 Å². The van der Waals surface area contributed by atoms with Crippen LogP contribution in [0, 0.1) is 0 Å². The molecular weight excluding hydrogens is 467 g/mol. The van der Waals surface area contributed by atoms with Crippen molar-refractivity contribution in [2.45, 2.75) is 12.7 Å². The van der Waals surface area contributed by atoms with Gasteiger partial charge in [-0.1, -0.05) is 29.8 Å². The van der Waals surface area contributed by atoms with Crippen LogP contribution in [0.5, 0.6) is 0 Å². The number of aromatic amines is 1. The number of thiophene rings is 1. The Bertz CT molecular complexity index is 1620. The third kappa shape index (κ3) is 3.39. The molecule has 0 radical (unpaired) electrons. The second-order valence-electron chi connectivity index (χ2n) is 6.91. The largest absolute Gasteiger partial charge is 0.408 e. The Hall–Kier alpha value is -3.44. The summed E-state index contributed by atoms with van der Waals surface area (Å²) in [5.41, 5.74) is -0.233. The molecule has 5 rings (SSSR count). The van der Waals surface area contributed by atoms with Crippen molar-refractivity contribution in [3.8, 4) is 16.1 Å². The molecule has 0 saturated carbocycles. The van der Waals surface area contributed by atoms with Gasteiger partial charge in [-0.2, -0.15) is 18.3 Å². The van der Waals surface area contributed by atoms with Gasteiger partial charge in [0.2, 0.25) is 0 Å². The number of pyridine rings is 1. The molecule has 4 heterocycles. The van der Waals surface area contributed by atoms with Crippen molar-refractivity contribution in [2.24, 2.45) is 0 Å². The maximum atomic E-state index is 13.2. The van der Waals surface area contributed by atoms with Gasteiger partial charge in [0.05, 0.1) is 35.3 Å². The minimum atomic E-state index is -4.49. The van der Waals surface area contributed by atoms with Gasteiger partial charge in [-0.25, -0.2) is 9.36 Å². The van der Waals surface area contributed by atoms with Crippen LogP contribution in [-0.2, 0) is 6.54 Å². The molecule has 4 aromatic heterocycles. The van der Waals surface area contributed by atoms with Crippen LogP contribution in [0.15, 0.2) is 58.5 Å². The molecule has 0 saturated heterocycles. The standard InChI is InChI=1S/C20H11ClF3N5O2S/c21-12-4-2-1-3-10(12)16-5-13-17(32-16)18(30)29(19(31)27-13)15-8-25-7-14-11(15)6-26-28(14)9-20(22,23)24/h1-8H,9H2,(H,27,31). The Morgan fingerprint density at radius 3 is 2.66 bits per heavy atom. The van der Waals surface area contributed by atoms with Crippen molar-refractivity contribution < 1.29 is 13.2 Å². The van der Waals surface area contributed by atoms with Gasteiger partial charge in [0.15, 0.2) is 0 Å². The third-order valence-corrected chi connectivity index (χ3v) is 6.32. The fourth-order valence-corrected chi connectivity index (χ4v) is 4.85. The fraction of sp³-hybridized carbons (Fsp3) is 0.100. The first kappa shape index (κ1) is 20.5. The number of alkyl halides is 3. The van der Waals surface area contributed by atoms with E-state index in [1.165, 1.54) is 18.6 Å². The quantitative estimate of drug-likeness (QED) is 0.418. The predicted molar refractivity (Wildman–Crippen MR) is 116 cm³/mol. The molecule has 0 aliphatic carbocycles. The van der Waals surface area contributed by atoms with E-state index in [1.807, 2.05) is 0 Å². The summed E-state index contributed by atoms with van der Waals surface area (Å²) in [6, 6.07) is 8.75. The number of aromatic nitrogens is 5. The number of nitrogens with one attached hydrogen (secondary N) is 1. The van der Waals surface area contributed by atoms with Gasteiger partial charge in [-0.15, -0.1) is 11.3 Å². The Labute approximate surface area is 185 Å². The smallest absolute Gasteiger partial charge is 0.306 e. The topological polar surface area (TPSA) is 85.6 Å². The lowest BCUT2D eigenvalue weighted by atomic mass is 10.2. The molecule has 0 unspecified atom stereocenters. The van der Waals surface area contributed by atoms with Gasteiger partial charge in [-0.3, -0.25) is 14.5 Å². The van der Waals surface area contributed by atoms with E-state index >= 15 is 0 Å². The number of H-pyrrole nitrogens is 1. The molecule has 0 aliphatic rings. The lowest BCUT2D eigenvalue weighted by Crippen LogP contribution is -2.33. The van der Waals surface area contributed by atoms with Crippen LogP contribution in [0.4, 0.5) is 13.2 Å². The number of halogens is 4. The summed E-state index contributed by atoms with van der Waals surface area (Å²) >= 11 is 7.40. The summed E-state index contributed by atoms with van der Waals surface area (Å²) in [5.74, 6) is 0. The van der Waals surface area contributed by atoms with Crippen molar-refractivity contribution in [3.63, 3.8) is 0 Å². The van der Waals surface area contributed by atoms with E-state index in [9.17, 15) is 22.8 Å². The van der Waals surface area contributed by atoms with E-state index in [-0.39, 0.29) is 21.3 Å². The molecule has 0 fully saturated rings. The highest BCUT2D eigenvalue weighted by atomic mass is 35.5. The second-order valence-corrected chi connectivity index (χ2v) is 8.37. The molecule has 1 N–H and O–H groups in total. The van der Waals surface area contributed by atoms with Crippen LogP contribution >= 0.6 is 22.9 Å². The summed E-state index contributed by atoms with van der Waals surface area (Å²) in [5, 5.41) is 4.45. The van der Waals surface area contributed by atoms with Crippen molar-refractivity contribution in [3.05, 3.63) is 74.8 Å². The van der Waals surface area contributed by atoms with E-state index in [2.05, 4.69) is 15.1 Å². The van der Waals surface area contributed by atoms with E-state index in [1.54, 1.807) is 30.3 Å². The minimum Gasteiger partial charge on any atom is -0.306 e. The summed E-state index contributed by atoms with van der Waals surface area (Å²) in [6.45, 7) is -1.32. The monoisotopic (exact) mass is 477 g/mol.